The van der Waals surface area contributed by atoms with Gasteiger partial charge in [0.05, 0.1) is 19.1 Å². The molecule has 4 heteroatoms. The van der Waals surface area contributed by atoms with E-state index in [1.807, 2.05) is 18.2 Å². The highest BCUT2D eigenvalue weighted by molar-refractivity contribution is 5.70. The maximum absolute atomic E-state index is 11.8. The molecule has 1 aliphatic heterocycles. The van der Waals surface area contributed by atoms with E-state index in [2.05, 4.69) is 12.1 Å². The van der Waals surface area contributed by atoms with Gasteiger partial charge in [-0.2, -0.15) is 0 Å². The molecule has 0 bridgehead atoms. The number of rotatable bonds is 6. The molecule has 4 nitrogen and oxygen atoms in total. The van der Waals surface area contributed by atoms with Gasteiger partial charge in [0.1, 0.15) is 0 Å². The molecule has 1 saturated heterocycles. The topological polar surface area (TPSA) is 44.8 Å². The Morgan fingerprint density at radius 2 is 2.14 bits per heavy atom. The SMILES string of the molecule is CCOC(=O)CC1(OC)CCCC(Cc2ccccc2)O1. The normalized spacial score (nSPS) is 25.5. The molecule has 2 unspecified atom stereocenters. The molecule has 1 aromatic rings. The largest absolute Gasteiger partial charge is 0.466 e. The Bertz CT molecular complexity index is 445. The minimum atomic E-state index is -0.829. The number of carbonyl (C=O) groups is 1. The van der Waals surface area contributed by atoms with Crippen LogP contribution in [0.15, 0.2) is 30.3 Å². The van der Waals surface area contributed by atoms with E-state index in [-0.39, 0.29) is 18.5 Å². The second-order valence-electron chi connectivity index (χ2n) is 5.42. The van der Waals surface area contributed by atoms with Crippen LogP contribution in [0.3, 0.4) is 0 Å². The average molecular weight is 292 g/mol. The Hall–Kier alpha value is -1.39. The smallest absolute Gasteiger partial charge is 0.311 e. The second kappa shape index (κ2) is 7.57. The highest BCUT2D eigenvalue weighted by atomic mass is 16.7. The quantitative estimate of drug-likeness (QED) is 0.756. The van der Waals surface area contributed by atoms with Crippen LogP contribution in [0.25, 0.3) is 0 Å². The molecular weight excluding hydrogens is 268 g/mol. The Balaban J connectivity index is 1.98. The van der Waals surface area contributed by atoms with Crippen molar-refractivity contribution in [3.8, 4) is 0 Å². The zero-order chi connectivity index (χ0) is 15.1. The van der Waals surface area contributed by atoms with Gasteiger partial charge in [0.25, 0.3) is 0 Å². The Labute approximate surface area is 126 Å². The van der Waals surface area contributed by atoms with Gasteiger partial charge in [0.2, 0.25) is 0 Å². The van der Waals surface area contributed by atoms with Crippen molar-refractivity contribution in [2.24, 2.45) is 0 Å². The summed E-state index contributed by atoms with van der Waals surface area (Å²) in [5.74, 6) is -1.09. The molecule has 2 atom stereocenters. The second-order valence-corrected chi connectivity index (χ2v) is 5.42. The summed E-state index contributed by atoms with van der Waals surface area (Å²) in [6.45, 7) is 2.18. The van der Waals surface area contributed by atoms with Gasteiger partial charge in [-0.05, 0) is 31.7 Å². The van der Waals surface area contributed by atoms with Gasteiger partial charge in [-0.3, -0.25) is 4.79 Å². The monoisotopic (exact) mass is 292 g/mol. The summed E-state index contributed by atoms with van der Waals surface area (Å²) >= 11 is 0. The van der Waals surface area contributed by atoms with Crippen LogP contribution in [0.5, 0.6) is 0 Å². The standard InChI is InChI=1S/C17H24O4/c1-3-20-16(18)13-17(19-2)11-7-10-15(21-17)12-14-8-5-4-6-9-14/h4-6,8-9,15H,3,7,10-13H2,1-2H3. The van der Waals surface area contributed by atoms with Crippen molar-refractivity contribution >= 4 is 5.97 Å². The first-order valence-electron chi connectivity index (χ1n) is 7.60. The van der Waals surface area contributed by atoms with E-state index in [1.54, 1.807) is 14.0 Å². The van der Waals surface area contributed by atoms with Gasteiger partial charge >= 0.3 is 5.97 Å². The molecular formula is C17H24O4. The summed E-state index contributed by atoms with van der Waals surface area (Å²) in [5, 5.41) is 0. The molecule has 1 heterocycles. The first-order valence-corrected chi connectivity index (χ1v) is 7.60. The van der Waals surface area contributed by atoms with E-state index >= 15 is 0 Å². The first kappa shape index (κ1) is 16.0. The molecule has 0 amide bonds. The summed E-state index contributed by atoms with van der Waals surface area (Å²) in [7, 11) is 1.60. The molecule has 0 aromatic heterocycles. The van der Waals surface area contributed by atoms with E-state index in [4.69, 9.17) is 14.2 Å². The molecule has 0 N–H and O–H groups in total. The summed E-state index contributed by atoms with van der Waals surface area (Å²) in [6, 6.07) is 10.3. The highest BCUT2D eigenvalue weighted by Crippen LogP contribution is 2.34. The fraction of sp³-hybridized carbons (Fsp3) is 0.588. The highest BCUT2D eigenvalue weighted by Gasteiger charge is 2.39. The first-order chi connectivity index (χ1) is 10.2. The van der Waals surface area contributed by atoms with Gasteiger partial charge in [0.15, 0.2) is 5.79 Å². The summed E-state index contributed by atoms with van der Waals surface area (Å²) < 4.78 is 16.7. The van der Waals surface area contributed by atoms with Crippen LogP contribution in [0.2, 0.25) is 0 Å². The van der Waals surface area contributed by atoms with Gasteiger partial charge in [-0.1, -0.05) is 30.3 Å². The van der Waals surface area contributed by atoms with Crippen LogP contribution in [-0.4, -0.2) is 31.6 Å². The van der Waals surface area contributed by atoms with Crippen molar-refractivity contribution in [3.63, 3.8) is 0 Å². The van der Waals surface area contributed by atoms with E-state index < -0.39 is 5.79 Å². The molecule has 1 fully saturated rings. The molecule has 1 aromatic carbocycles. The average Bonchev–Trinajstić information content (AvgIpc) is 2.49. The number of hydrogen-bond acceptors (Lipinski definition) is 4. The predicted molar refractivity (Wildman–Crippen MR) is 79.9 cm³/mol. The minimum Gasteiger partial charge on any atom is -0.466 e. The number of hydrogen-bond donors (Lipinski definition) is 0. The zero-order valence-corrected chi connectivity index (χ0v) is 12.8. The number of methoxy groups -OCH3 is 1. The molecule has 0 spiro atoms. The molecule has 116 valence electrons. The fourth-order valence-electron chi connectivity index (χ4n) is 2.83. The zero-order valence-electron chi connectivity index (χ0n) is 12.8. The molecule has 0 radical (unpaired) electrons. The number of ether oxygens (including phenoxy) is 3. The Kier molecular flexibility index (Phi) is 5.76. The molecule has 0 aliphatic carbocycles. The van der Waals surface area contributed by atoms with E-state index in [1.165, 1.54) is 5.56 Å². The number of benzene rings is 1. The summed E-state index contributed by atoms with van der Waals surface area (Å²) in [4.78, 5) is 11.8. The lowest BCUT2D eigenvalue weighted by atomic mass is 9.95. The Morgan fingerprint density at radius 3 is 2.81 bits per heavy atom. The van der Waals surface area contributed by atoms with Crippen molar-refractivity contribution in [1.29, 1.82) is 0 Å². The van der Waals surface area contributed by atoms with Crippen molar-refractivity contribution in [2.75, 3.05) is 13.7 Å². The molecule has 1 aliphatic rings. The maximum atomic E-state index is 11.8. The lowest BCUT2D eigenvalue weighted by Gasteiger charge is -2.39. The van der Waals surface area contributed by atoms with E-state index in [9.17, 15) is 4.79 Å². The molecule has 0 saturated carbocycles. The summed E-state index contributed by atoms with van der Waals surface area (Å²) in [6.07, 6.45) is 3.79. The number of esters is 1. The van der Waals surface area contributed by atoms with Crippen molar-refractivity contribution in [2.45, 2.75) is 50.9 Å². The Morgan fingerprint density at radius 1 is 1.38 bits per heavy atom. The minimum absolute atomic E-state index is 0.0792. The van der Waals surface area contributed by atoms with Crippen molar-refractivity contribution in [1.82, 2.24) is 0 Å². The fourth-order valence-corrected chi connectivity index (χ4v) is 2.83. The van der Waals surface area contributed by atoms with Gasteiger partial charge in [-0.25, -0.2) is 0 Å². The van der Waals surface area contributed by atoms with Crippen LogP contribution in [0.4, 0.5) is 0 Å². The maximum Gasteiger partial charge on any atom is 0.311 e. The third-order valence-electron chi connectivity index (χ3n) is 3.86. The lowest BCUT2D eigenvalue weighted by molar-refractivity contribution is -0.270. The third kappa shape index (κ3) is 4.55. The van der Waals surface area contributed by atoms with Crippen molar-refractivity contribution in [3.05, 3.63) is 35.9 Å². The molecule has 2 rings (SSSR count). The summed E-state index contributed by atoms with van der Waals surface area (Å²) in [5.41, 5.74) is 1.24. The van der Waals surface area contributed by atoms with Crippen LogP contribution in [0, 0.1) is 0 Å². The van der Waals surface area contributed by atoms with Crippen LogP contribution >= 0.6 is 0 Å². The lowest BCUT2D eigenvalue weighted by Crippen LogP contribution is -2.45. The van der Waals surface area contributed by atoms with Gasteiger partial charge in [-0.15, -0.1) is 0 Å². The predicted octanol–water partition coefficient (Wildman–Crippen LogP) is 3.09. The molecule has 21 heavy (non-hydrogen) atoms. The third-order valence-corrected chi connectivity index (χ3v) is 3.86. The van der Waals surface area contributed by atoms with Crippen LogP contribution in [0.1, 0.15) is 38.2 Å². The van der Waals surface area contributed by atoms with Crippen molar-refractivity contribution < 1.29 is 19.0 Å². The van der Waals surface area contributed by atoms with Crippen LogP contribution in [-0.2, 0) is 25.4 Å². The number of carbonyl (C=O) groups excluding carboxylic acids is 1. The van der Waals surface area contributed by atoms with Gasteiger partial charge < -0.3 is 14.2 Å². The van der Waals surface area contributed by atoms with E-state index in [0.717, 1.165) is 25.7 Å². The van der Waals surface area contributed by atoms with E-state index in [0.29, 0.717) is 6.61 Å². The van der Waals surface area contributed by atoms with Gasteiger partial charge in [0, 0.05) is 13.5 Å². The van der Waals surface area contributed by atoms with Crippen LogP contribution < -0.4 is 0 Å².